The highest BCUT2D eigenvalue weighted by Gasteiger charge is 2.26. The molecule has 0 radical (unpaired) electrons. The van der Waals surface area contributed by atoms with Crippen LogP contribution in [-0.2, 0) is 14.8 Å². The number of rotatable bonds is 7. The minimum absolute atomic E-state index is 0.196. The standard InChI is InChI=1S/C32H35N7O3S/c1-2-36-14-12-27(13-15-36)38-22-25(20-34-38)29-23-39(43(40,41)28-6-4-3-5-7-28)32-31(29)35-30(21-33-32)24-8-10-26(11-9-24)37-16-18-42-19-17-37/h3-11,20-23,27H,2,12-19H2,1H3. The van der Waals surface area contributed by atoms with Crippen molar-refractivity contribution in [3.63, 3.8) is 0 Å². The zero-order valence-corrected chi connectivity index (χ0v) is 25.0. The van der Waals surface area contributed by atoms with Crippen LogP contribution in [0, 0.1) is 0 Å². The SMILES string of the molecule is CCN1CCC(n2cc(-c3cn(S(=O)(=O)c4ccccc4)c4ncc(-c5ccc(N6CCOCC6)cc5)nc34)cn2)CC1. The molecule has 43 heavy (non-hydrogen) atoms. The van der Waals surface area contributed by atoms with Crippen molar-refractivity contribution in [1.82, 2.24) is 28.6 Å². The first kappa shape index (κ1) is 27.8. The van der Waals surface area contributed by atoms with Crippen LogP contribution < -0.4 is 4.90 Å². The molecule has 5 aromatic rings. The van der Waals surface area contributed by atoms with E-state index < -0.39 is 10.0 Å². The first-order valence-corrected chi connectivity index (χ1v) is 16.3. The van der Waals surface area contributed by atoms with Gasteiger partial charge in [0.1, 0.15) is 5.52 Å². The Morgan fingerprint density at radius 3 is 2.35 bits per heavy atom. The van der Waals surface area contributed by atoms with Gasteiger partial charge < -0.3 is 14.5 Å². The summed E-state index contributed by atoms with van der Waals surface area (Å²) in [5, 5.41) is 4.72. The highest BCUT2D eigenvalue weighted by Crippen LogP contribution is 2.34. The molecule has 0 spiro atoms. The van der Waals surface area contributed by atoms with Crippen LogP contribution in [0.1, 0.15) is 25.8 Å². The Hall–Kier alpha value is -4.06. The third-order valence-corrected chi connectivity index (χ3v) is 10.3. The number of hydrogen-bond donors (Lipinski definition) is 0. The lowest BCUT2D eigenvalue weighted by molar-refractivity contribution is 0.122. The van der Waals surface area contributed by atoms with Crippen LogP contribution in [-0.4, -0.2) is 83.0 Å². The maximum atomic E-state index is 13.8. The predicted octanol–water partition coefficient (Wildman–Crippen LogP) is 4.69. The smallest absolute Gasteiger partial charge is 0.269 e. The summed E-state index contributed by atoms with van der Waals surface area (Å²) in [6.45, 7) is 8.53. The molecule has 5 heterocycles. The molecule has 0 atom stereocenters. The Bertz CT molecular complexity index is 1820. The minimum Gasteiger partial charge on any atom is -0.378 e. The number of fused-ring (bicyclic) bond motifs is 1. The van der Waals surface area contributed by atoms with Crippen molar-refractivity contribution in [2.75, 3.05) is 50.8 Å². The topological polar surface area (TPSA) is 98.4 Å². The second kappa shape index (κ2) is 11.6. The van der Waals surface area contributed by atoms with E-state index in [9.17, 15) is 8.42 Å². The Labute approximate surface area is 251 Å². The van der Waals surface area contributed by atoms with E-state index in [0.29, 0.717) is 22.8 Å². The van der Waals surface area contributed by atoms with Gasteiger partial charge in [0.15, 0.2) is 5.65 Å². The number of anilines is 1. The molecule has 2 aliphatic rings. The Morgan fingerprint density at radius 1 is 0.884 bits per heavy atom. The van der Waals surface area contributed by atoms with Crippen LogP contribution in [0.15, 0.2) is 84.3 Å². The van der Waals surface area contributed by atoms with Crippen LogP contribution in [0.3, 0.4) is 0 Å². The van der Waals surface area contributed by atoms with Gasteiger partial charge in [-0.1, -0.05) is 37.3 Å². The zero-order chi connectivity index (χ0) is 29.4. The molecule has 2 fully saturated rings. The van der Waals surface area contributed by atoms with Gasteiger partial charge in [0.05, 0.1) is 42.2 Å². The van der Waals surface area contributed by atoms with E-state index in [1.54, 1.807) is 42.7 Å². The number of likely N-dealkylation sites (tertiary alicyclic amines) is 1. The van der Waals surface area contributed by atoms with Gasteiger partial charge in [0.2, 0.25) is 0 Å². The van der Waals surface area contributed by atoms with Crippen molar-refractivity contribution in [3.05, 3.63) is 79.4 Å². The molecule has 0 bridgehead atoms. The first-order chi connectivity index (χ1) is 21.0. The summed E-state index contributed by atoms with van der Waals surface area (Å²) in [5.74, 6) is 0. The number of hydrogen-bond acceptors (Lipinski definition) is 8. The summed E-state index contributed by atoms with van der Waals surface area (Å²) in [7, 11) is -3.91. The Morgan fingerprint density at radius 2 is 1.63 bits per heavy atom. The lowest BCUT2D eigenvalue weighted by Gasteiger charge is -2.31. The van der Waals surface area contributed by atoms with E-state index in [1.165, 1.54) is 3.97 Å². The summed E-state index contributed by atoms with van der Waals surface area (Å²) < 4.78 is 36.4. The fourth-order valence-corrected chi connectivity index (χ4v) is 7.38. The highest BCUT2D eigenvalue weighted by molar-refractivity contribution is 7.90. The maximum Gasteiger partial charge on any atom is 0.269 e. The van der Waals surface area contributed by atoms with Gasteiger partial charge in [-0.3, -0.25) is 4.68 Å². The van der Waals surface area contributed by atoms with Gasteiger partial charge in [-0.25, -0.2) is 22.4 Å². The number of morpholine rings is 1. The molecular formula is C32H35N7O3S. The summed E-state index contributed by atoms with van der Waals surface area (Å²) in [6, 6.07) is 17.0. The van der Waals surface area contributed by atoms with Crippen molar-refractivity contribution >= 4 is 26.9 Å². The number of aromatic nitrogens is 5. The van der Waals surface area contributed by atoms with Gasteiger partial charge in [-0.15, -0.1) is 0 Å². The molecule has 10 nitrogen and oxygen atoms in total. The van der Waals surface area contributed by atoms with E-state index >= 15 is 0 Å². The van der Waals surface area contributed by atoms with Crippen molar-refractivity contribution in [3.8, 4) is 22.4 Å². The Balaban J connectivity index is 1.29. The van der Waals surface area contributed by atoms with E-state index in [1.807, 2.05) is 29.2 Å². The van der Waals surface area contributed by atoms with Crippen LogP contribution in [0.25, 0.3) is 33.5 Å². The van der Waals surface area contributed by atoms with Crippen LogP contribution in [0.5, 0.6) is 0 Å². The highest BCUT2D eigenvalue weighted by atomic mass is 32.2. The molecule has 222 valence electrons. The molecule has 3 aromatic heterocycles. The average molecular weight is 598 g/mol. The largest absolute Gasteiger partial charge is 0.378 e. The minimum atomic E-state index is -3.91. The molecule has 0 N–H and O–H groups in total. The molecule has 11 heteroatoms. The van der Waals surface area contributed by atoms with Gasteiger partial charge in [0.25, 0.3) is 10.0 Å². The molecule has 0 amide bonds. The quantitative estimate of drug-likeness (QED) is 0.267. The van der Waals surface area contributed by atoms with E-state index in [4.69, 9.17) is 14.8 Å². The number of benzene rings is 2. The zero-order valence-electron chi connectivity index (χ0n) is 24.2. The first-order valence-electron chi connectivity index (χ1n) is 14.9. The van der Waals surface area contributed by atoms with Crippen LogP contribution in [0.2, 0.25) is 0 Å². The molecule has 2 saturated heterocycles. The van der Waals surface area contributed by atoms with Crippen LogP contribution in [0.4, 0.5) is 5.69 Å². The van der Waals surface area contributed by atoms with Crippen molar-refractivity contribution in [2.24, 2.45) is 0 Å². The monoisotopic (exact) mass is 597 g/mol. The normalized spacial score (nSPS) is 17.1. The third kappa shape index (κ3) is 5.32. The van der Waals surface area contributed by atoms with Crippen molar-refractivity contribution in [2.45, 2.75) is 30.7 Å². The lowest BCUT2D eigenvalue weighted by atomic mass is 10.1. The molecule has 7 rings (SSSR count). The van der Waals surface area contributed by atoms with E-state index in [0.717, 1.165) is 75.6 Å². The fourth-order valence-electron chi connectivity index (χ4n) is 6.05. The summed E-state index contributed by atoms with van der Waals surface area (Å²) in [6.07, 6.45) is 9.18. The fraction of sp³-hybridized carbons (Fsp3) is 0.344. The second-order valence-corrected chi connectivity index (χ2v) is 12.9. The van der Waals surface area contributed by atoms with Gasteiger partial charge in [0, 0.05) is 61.0 Å². The van der Waals surface area contributed by atoms with Gasteiger partial charge in [-0.05, 0) is 43.7 Å². The van der Waals surface area contributed by atoms with Gasteiger partial charge >= 0.3 is 0 Å². The maximum absolute atomic E-state index is 13.8. The summed E-state index contributed by atoms with van der Waals surface area (Å²) >= 11 is 0. The van der Waals surface area contributed by atoms with Crippen molar-refractivity contribution in [1.29, 1.82) is 0 Å². The average Bonchev–Trinajstić information content (AvgIpc) is 3.71. The molecular weight excluding hydrogens is 562 g/mol. The molecule has 0 unspecified atom stereocenters. The van der Waals surface area contributed by atoms with Gasteiger partial charge in [-0.2, -0.15) is 5.10 Å². The predicted molar refractivity (Wildman–Crippen MR) is 167 cm³/mol. The summed E-state index contributed by atoms with van der Waals surface area (Å²) in [5.41, 5.74) is 5.04. The lowest BCUT2D eigenvalue weighted by Crippen LogP contribution is -2.36. The molecule has 0 saturated carbocycles. The molecule has 0 aliphatic carbocycles. The van der Waals surface area contributed by atoms with E-state index in [2.05, 4.69) is 33.8 Å². The Kier molecular flexibility index (Phi) is 7.46. The number of nitrogens with zero attached hydrogens (tertiary/aromatic N) is 7. The second-order valence-electron chi connectivity index (χ2n) is 11.1. The van der Waals surface area contributed by atoms with E-state index in [-0.39, 0.29) is 10.5 Å². The molecule has 2 aromatic carbocycles. The van der Waals surface area contributed by atoms with Crippen LogP contribution >= 0.6 is 0 Å². The number of piperidine rings is 1. The van der Waals surface area contributed by atoms with Crippen molar-refractivity contribution < 1.29 is 13.2 Å². The summed E-state index contributed by atoms with van der Waals surface area (Å²) in [4.78, 5) is 14.6. The third-order valence-electron chi connectivity index (χ3n) is 8.59. The molecule has 2 aliphatic heterocycles. The number of ether oxygens (including phenoxy) is 1.